The van der Waals surface area contributed by atoms with E-state index < -0.39 is 30.3 Å². The number of aliphatic carboxylic acids is 1. The average molecular weight is 360 g/mol. The van der Waals surface area contributed by atoms with Crippen molar-refractivity contribution in [1.29, 1.82) is 0 Å². The van der Waals surface area contributed by atoms with E-state index in [2.05, 4.69) is 10.3 Å². The minimum Gasteiger partial charge on any atom is -0.481 e. The Bertz CT molecular complexity index is 794. The zero-order valence-electron chi connectivity index (χ0n) is 13.0. The molecule has 0 saturated carbocycles. The van der Waals surface area contributed by atoms with Gasteiger partial charge in [-0.2, -0.15) is 0 Å². The SMILES string of the molecule is CCc1nc2ccc(Cl)cn2c1C(=O)NC(C)(CC(=O)O)C(F)F. The van der Waals surface area contributed by atoms with Crippen LogP contribution in [0.4, 0.5) is 8.78 Å². The van der Waals surface area contributed by atoms with E-state index in [9.17, 15) is 18.4 Å². The van der Waals surface area contributed by atoms with Crippen molar-refractivity contribution in [2.75, 3.05) is 0 Å². The summed E-state index contributed by atoms with van der Waals surface area (Å²) in [4.78, 5) is 27.7. The number of halogens is 3. The highest BCUT2D eigenvalue weighted by atomic mass is 35.5. The molecule has 9 heteroatoms. The number of carboxylic acids is 1. The Labute approximate surface area is 141 Å². The quantitative estimate of drug-likeness (QED) is 0.830. The molecule has 0 saturated heterocycles. The fraction of sp³-hybridized carbons (Fsp3) is 0.400. The molecule has 0 spiro atoms. The summed E-state index contributed by atoms with van der Waals surface area (Å²) in [5.41, 5.74) is -1.29. The minimum absolute atomic E-state index is 0.0623. The first-order chi connectivity index (χ1) is 11.2. The second kappa shape index (κ2) is 6.72. The lowest BCUT2D eigenvalue weighted by Gasteiger charge is -2.28. The van der Waals surface area contributed by atoms with Crippen molar-refractivity contribution < 1.29 is 23.5 Å². The Balaban J connectivity index is 2.47. The largest absolute Gasteiger partial charge is 0.481 e. The van der Waals surface area contributed by atoms with Crippen LogP contribution in [0, 0.1) is 0 Å². The van der Waals surface area contributed by atoms with Crippen LogP contribution in [0.5, 0.6) is 0 Å². The molecule has 2 rings (SSSR count). The molecule has 0 aliphatic heterocycles. The summed E-state index contributed by atoms with van der Waals surface area (Å²) < 4.78 is 28.0. The molecule has 0 aliphatic rings. The number of hydrogen-bond donors (Lipinski definition) is 2. The van der Waals surface area contributed by atoms with Crippen molar-refractivity contribution in [3.05, 3.63) is 34.7 Å². The fourth-order valence-corrected chi connectivity index (χ4v) is 2.52. The van der Waals surface area contributed by atoms with E-state index in [1.165, 1.54) is 10.6 Å². The van der Waals surface area contributed by atoms with Gasteiger partial charge in [-0.25, -0.2) is 13.8 Å². The molecule has 24 heavy (non-hydrogen) atoms. The summed E-state index contributed by atoms with van der Waals surface area (Å²) in [5.74, 6) is -2.26. The van der Waals surface area contributed by atoms with Crippen LogP contribution in [0.2, 0.25) is 5.02 Å². The first kappa shape index (κ1) is 18.1. The third-order valence-corrected chi connectivity index (χ3v) is 3.83. The van der Waals surface area contributed by atoms with Gasteiger partial charge in [-0.05, 0) is 25.5 Å². The molecule has 0 aromatic carbocycles. The van der Waals surface area contributed by atoms with Crippen LogP contribution in [-0.4, -0.2) is 38.3 Å². The monoisotopic (exact) mass is 359 g/mol. The van der Waals surface area contributed by atoms with Crippen molar-refractivity contribution >= 4 is 29.1 Å². The number of pyridine rings is 1. The van der Waals surface area contributed by atoms with Crippen molar-refractivity contribution in [2.24, 2.45) is 0 Å². The molecule has 130 valence electrons. The van der Waals surface area contributed by atoms with Gasteiger partial charge in [0, 0.05) is 6.20 Å². The molecule has 2 aromatic rings. The number of carboxylic acid groups (broad SMARTS) is 1. The Morgan fingerprint density at radius 2 is 2.12 bits per heavy atom. The topological polar surface area (TPSA) is 83.7 Å². The van der Waals surface area contributed by atoms with Crippen molar-refractivity contribution in [1.82, 2.24) is 14.7 Å². The number of hydrogen-bond acceptors (Lipinski definition) is 3. The maximum absolute atomic E-state index is 13.3. The number of fused-ring (bicyclic) bond motifs is 1. The highest BCUT2D eigenvalue weighted by molar-refractivity contribution is 6.30. The Morgan fingerprint density at radius 1 is 1.46 bits per heavy atom. The van der Waals surface area contributed by atoms with Gasteiger partial charge in [0.05, 0.1) is 17.1 Å². The highest BCUT2D eigenvalue weighted by Crippen LogP contribution is 2.22. The maximum Gasteiger partial charge on any atom is 0.305 e. The summed E-state index contributed by atoms with van der Waals surface area (Å²) in [5, 5.41) is 11.3. The van der Waals surface area contributed by atoms with Gasteiger partial charge in [-0.1, -0.05) is 18.5 Å². The maximum atomic E-state index is 13.3. The number of alkyl halides is 2. The molecule has 2 heterocycles. The van der Waals surface area contributed by atoms with E-state index in [4.69, 9.17) is 16.7 Å². The Hall–Kier alpha value is -2.22. The van der Waals surface area contributed by atoms with Gasteiger partial charge >= 0.3 is 5.97 Å². The van der Waals surface area contributed by atoms with Gasteiger partial charge in [0.15, 0.2) is 0 Å². The van der Waals surface area contributed by atoms with E-state index in [0.29, 0.717) is 22.8 Å². The van der Waals surface area contributed by atoms with Crippen molar-refractivity contribution in [3.63, 3.8) is 0 Å². The Kier molecular flexibility index (Phi) is 5.08. The lowest BCUT2D eigenvalue weighted by Crippen LogP contribution is -2.53. The van der Waals surface area contributed by atoms with Crippen LogP contribution in [0.3, 0.4) is 0 Å². The molecule has 1 unspecified atom stereocenters. The second-order valence-electron chi connectivity index (χ2n) is 5.58. The van der Waals surface area contributed by atoms with Gasteiger partial charge in [-0.15, -0.1) is 0 Å². The predicted octanol–water partition coefficient (Wildman–Crippen LogP) is 2.78. The molecule has 2 aromatic heterocycles. The van der Waals surface area contributed by atoms with Crippen molar-refractivity contribution in [3.8, 4) is 0 Å². The number of imidazole rings is 1. The molecule has 2 N–H and O–H groups in total. The zero-order chi connectivity index (χ0) is 18.1. The first-order valence-corrected chi connectivity index (χ1v) is 7.54. The van der Waals surface area contributed by atoms with Crippen LogP contribution >= 0.6 is 11.6 Å². The van der Waals surface area contributed by atoms with Crippen molar-refractivity contribution in [2.45, 2.75) is 38.7 Å². The average Bonchev–Trinajstić information content (AvgIpc) is 2.83. The Morgan fingerprint density at radius 3 is 2.67 bits per heavy atom. The summed E-state index contributed by atoms with van der Waals surface area (Å²) in [6.07, 6.45) is -2.11. The summed E-state index contributed by atoms with van der Waals surface area (Å²) in [6.45, 7) is 2.76. The normalized spacial score (nSPS) is 13.9. The van der Waals surface area contributed by atoms with E-state index in [1.54, 1.807) is 19.1 Å². The molecule has 6 nitrogen and oxygen atoms in total. The number of amides is 1. The van der Waals surface area contributed by atoms with Crippen LogP contribution in [0.1, 0.15) is 36.5 Å². The number of nitrogens with one attached hydrogen (secondary N) is 1. The minimum atomic E-state index is -3.05. The number of aryl methyl sites for hydroxylation is 1. The third-order valence-electron chi connectivity index (χ3n) is 3.60. The van der Waals surface area contributed by atoms with E-state index in [0.717, 1.165) is 6.92 Å². The molecular weight excluding hydrogens is 344 g/mol. The summed E-state index contributed by atoms with van der Waals surface area (Å²) in [6, 6.07) is 3.19. The van der Waals surface area contributed by atoms with Gasteiger partial charge in [0.2, 0.25) is 0 Å². The van der Waals surface area contributed by atoms with Crippen LogP contribution in [0.25, 0.3) is 5.65 Å². The van der Waals surface area contributed by atoms with E-state index in [1.807, 2.05) is 0 Å². The van der Waals surface area contributed by atoms with E-state index >= 15 is 0 Å². The number of carbonyl (C=O) groups is 2. The number of aromatic nitrogens is 2. The predicted molar refractivity (Wildman–Crippen MR) is 83.7 cm³/mol. The summed E-state index contributed by atoms with van der Waals surface area (Å²) >= 11 is 5.92. The lowest BCUT2D eigenvalue weighted by atomic mass is 9.98. The van der Waals surface area contributed by atoms with Gasteiger partial charge < -0.3 is 10.4 Å². The molecule has 0 aliphatic carbocycles. The number of nitrogens with zero attached hydrogens (tertiary/aromatic N) is 2. The van der Waals surface area contributed by atoms with Gasteiger partial charge in [0.1, 0.15) is 16.9 Å². The number of carbonyl (C=O) groups excluding carboxylic acids is 1. The molecule has 0 bridgehead atoms. The molecule has 0 fully saturated rings. The first-order valence-electron chi connectivity index (χ1n) is 7.17. The summed E-state index contributed by atoms with van der Waals surface area (Å²) in [7, 11) is 0. The number of rotatable bonds is 6. The van der Waals surface area contributed by atoms with Crippen LogP contribution < -0.4 is 5.32 Å². The molecular formula is C15H16ClF2N3O3. The highest BCUT2D eigenvalue weighted by Gasteiger charge is 2.40. The van der Waals surface area contributed by atoms with E-state index in [-0.39, 0.29) is 5.69 Å². The molecule has 1 atom stereocenters. The smallest absolute Gasteiger partial charge is 0.305 e. The standard InChI is InChI=1S/C15H16ClF2N3O3/c1-3-9-12(21-7-8(16)4-5-10(21)19-9)13(24)20-15(2,14(17)18)6-11(22)23/h4-5,7,14H,3,6H2,1-2H3,(H,20,24)(H,22,23). The van der Waals surface area contributed by atoms with Crippen LogP contribution in [-0.2, 0) is 11.2 Å². The van der Waals surface area contributed by atoms with Gasteiger partial charge in [0.25, 0.3) is 12.3 Å². The zero-order valence-corrected chi connectivity index (χ0v) is 13.8. The molecule has 1 amide bonds. The van der Waals surface area contributed by atoms with Crippen LogP contribution in [0.15, 0.2) is 18.3 Å². The third kappa shape index (κ3) is 3.48. The lowest BCUT2D eigenvalue weighted by molar-refractivity contribution is -0.140. The van der Waals surface area contributed by atoms with Gasteiger partial charge in [-0.3, -0.25) is 14.0 Å². The fourth-order valence-electron chi connectivity index (χ4n) is 2.36. The second-order valence-corrected chi connectivity index (χ2v) is 6.02. The molecule has 0 radical (unpaired) electrons.